The van der Waals surface area contributed by atoms with Crippen LogP contribution in [0.2, 0.25) is 0 Å². The van der Waals surface area contributed by atoms with E-state index in [1.165, 1.54) is 19.0 Å². The van der Waals surface area contributed by atoms with Crippen molar-refractivity contribution in [2.24, 2.45) is 17.8 Å². The molecule has 0 spiro atoms. The van der Waals surface area contributed by atoms with Crippen LogP contribution in [0.5, 0.6) is 0 Å². The first-order chi connectivity index (χ1) is 17.9. The first kappa shape index (κ1) is 25.5. The summed E-state index contributed by atoms with van der Waals surface area (Å²) in [4.78, 5) is 31.1. The molecular weight excluding hydrogens is 468 g/mol. The van der Waals surface area contributed by atoms with E-state index in [0.29, 0.717) is 44.5 Å². The smallest absolute Gasteiger partial charge is 0.278 e. The van der Waals surface area contributed by atoms with Crippen molar-refractivity contribution in [1.82, 2.24) is 9.55 Å². The Morgan fingerprint density at radius 1 is 1.14 bits per heavy atom. The number of furan rings is 1. The number of anilines is 3. The number of carbonyl (C=O) groups excluding carboxylic acids is 1. The standard InChI is InChI=1S/C29H38N4O4/c1-4-25-19(3)23-15-22(9-10-26(23)37-25)31-29-30-16-24(32-27(34)21-11-13-36-14-12-21)28(35)33(29)17-20-7-5-18(2)6-8-20/h9-10,15-16,18,20-21H,4-8,11-14,17H2,1-3H3,(H,30,31)(H,32,34). The third-order valence-corrected chi connectivity index (χ3v) is 8.09. The van der Waals surface area contributed by atoms with Crippen LogP contribution < -0.4 is 16.2 Å². The number of fused-ring (bicyclic) bond motifs is 1. The van der Waals surface area contributed by atoms with E-state index in [9.17, 15) is 9.59 Å². The Balaban J connectivity index is 1.44. The van der Waals surface area contributed by atoms with E-state index >= 15 is 0 Å². The quantitative estimate of drug-likeness (QED) is 0.421. The Kier molecular flexibility index (Phi) is 7.65. The fourth-order valence-electron chi connectivity index (χ4n) is 5.63. The number of nitrogens with zero attached hydrogens (tertiary/aromatic N) is 2. The maximum absolute atomic E-state index is 13.7. The normalized spacial score (nSPS) is 20.7. The Labute approximate surface area is 217 Å². The minimum absolute atomic E-state index is 0.131. The second kappa shape index (κ2) is 11.1. The molecule has 1 aromatic carbocycles. The molecule has 8 nitrogen and oxygen atoms in total. The van der Waals surface area contributed by atoms with Crippen molar-refractivity contribution in [1.29, 1.82) is 0 Å². The first-order valence-electron chi connectivity index (χ1n) is 13.7. The van der Waals surface area contributed by atoms with Gasteiger partial charge < -0.3 is 19.8 Å². The van der Waals surface area contributed by atoms with E-state index < -0.39 is 0 Å². The predicted octanol–water partition coefficient (Wildman–Crippen LogP) is 5.80. The monoisotopic (exact) mass is 506 g/mol. The van der Waals surface area contributed by atoms with E-state index in [1.54, 1.807) is 4.57 Å². The van der Waals surface area contributed by atoms with Crippen molar-refractivity contribution in [2.75, 3.05) is 23.8 Å². The lowest BCUT2D eigenvalue weighted by atomic mass is 9.83. The topological polar surface area (TPSA) is 98.4 Å². The second-order valence-corrected chi connectivity index (χ2v) is 10.8. The highest BCUT2D eigenvalue weighted by Crippen LogP contribution is 2.31. The summed E-state index contributed by atoms with van der Waals surface area (Å²) in [5.74, 6) is 2.34. The third-order valence-electron chi connectivity index (χ3n) is 8.09. The molecule has 3 aromatic rings. The maximum atomic E-state index is 13.7. The van der Waals surface area contributed by atoms with Gasteiger partial charge in [0.15, 0.2) is 0 Å². The molecule has 1 aliphatic heterocycles. The summed E-state index contributed by atoms with van der Waals surface area (Å²) in [6, 6.07) is 5.95. The van der Waals surface area contributed by atoms with Crippen molar-refractivity contribution in [3.8, 4) is 0 Å². The Bertz CT molecular complexity index is 1310. The molecule has 1 aliphatic carbocycles. The van der Waals surface area contributed by atoms with Crippen molar-refractivity contribution >= 4 is 34.2 Å². The molecule has 0 radical (unpaired) electrons. The number of aromatic nitrogens is 2. The molecule has 0 bridgehead atoms. The number of hydrogen-bond acceptors (Lipinski definition) is 6. The molecule has 5 rings (SSSR count). The number of carbonyl (C=O) groups is 1. The van der Waals surface area contributed by atoms with Gasteiger partial charge in [0.25, 0.3) is 5.56 Å². The van der Waals surface area contributed by atoms with Crippen molar-refractivity contribution < 1.29 is 13.9 Å². The summed E-state index contributed by atoms with van der Waals surface area (Å²) in [5, 5.41) is 7.30. The summed E-state index contributed by atoms with van der Waals surface area (Å²) < 4.78 is 13.1. The van der Waals surface area contributed by atoms with Crippen LogP contribution in [0.15, 0.2) is 33.6 Å². The summed E-state index contributed by atoms with van der Waals surface area (Å²) in [5.41, 5.74) is 2.85. The molecule has 0 atom stereocenters. The number of hydrogen-bond donors (Lipinski definition) is 2. The zero-order chi connectivity index (χ0) is 25.9. The lowest BCUT2D eigenvalue weighted by Crippen LogP contribution is -2.34. The van der Waals surface area contributed by atoms with E-state index in [-0.39, 0.29) is 23.1 Å². The minimum atomic E-state index is -0.217. The fraction of sp³-hybridized carbons (Fsp3) is 0.552. The van der Waals surface area contributed by atoms with Gasteiger partial charge in [-0.15, -0.1) is 0 Å². The van der Waals surface area contributed by atoms with Gasteiger partial charge >= 0.3 is 0 Å². The number of amides is 1. The lowest BCUT2D eigenvalue weighted by Gasteiger charge is -2.27. The molecule has 8 heteroatoms. The van der Waals surface area contributed by atoms with Gasteiger partial charge in [-0.1, -0.05) is 26.7 Å². The Morgan fingerprint density at radius 2 is 1.89 bits per heavy atom. The van der Waals surface area contributed by atoms with Crippen molar-refractivity contribution in [3.05, 3.63) is 46.1 Å². The average molecular weight is 507 g/mol. The average Bonchev–Trinajstić information content (AvgIpc) is 3.24. The highest BCUT2D eigenvalue weighted by molar-refractivity contribution is 5.92. The molecule has 2 aromatic heterocycles. The highest BCUT2D eigenvalue weighted by atomic mass is 16.5. The Hall–Kier alpha value is -3.13. The van der Waals surface area contributed by atoms with Gasteiger partial charge in [0.05, 0.1) is 6.20 Å². The highest BCUT2D eigenvalue weighted by Gasteiger charge is 2.25. The van der Waals surface area contributed by atoms with Gasteiger partial charge in [0.2, 0.25) is 11.9 Å². The molecule has 198 valence electrons. The van der Waals surface area contributed by atoms with Gasteiger partial charge in [0.1, 0.15) is 17.0 Å². The van der Waals surface area contributed by atoms with E-state index in [4.69, 9.17) is 9.15 Å². The molecule has 1 saturated carbocycles. The third kappa shape index (κ3) is 5.59. The zero-order valence-corrected chi connectivity index (χ0v) is 22.1. The predicted molar refractivity (Wildman–Crippen MR) is 145 cm³/mol. The molecular formula is C29H38N4O4. The van der Waals surface area contributed by atoms with Crippen molar-refractivity contribution in [3.63, 3.8) is 0 Å². The summed E-state index contributed by atoms with van der Waals surface area (Å²) in [6.07, 6.45) is 8.19. The number of ether oxygens (including phenoxy) is 1. The largest absolute Gasteiger partial charge is 0.461 e. The SMILES string of the molecule is CCc1oc2ccc(Nc3ncc(NC(=O)C4CCOCC4)c(=O)n3CC3CCC(C)CC3)cc2c1C. The maximum Gasteiger partial charge on any atom is 0.278 e. The Morgan fingerprint density at radius 3 is 2.62 bits per heavy atom. The van der Waals surface area contributed by atoms with Gasteiger partial charge in [-0.3, -0.25) is 14.2 Å². The molecule has 3 heterocycles. The van der Waals surface area contributed by atoms with Crippen LogP contribution in [0.4, 0.5) is 17.3 Å². The van der Waals surface area contributed by atoms with E-state index in [1.807, 2.05) is 18.2 Å². The molecule has 37 heavy (non-hydrogen) atoms. The van der Waals surface area contributed by atoms with Crippen LogP contribution in [0.1, 0.15) is 63.7 Å². The van der Waals surface area contributed by atoms with Gasteiger partial charge in [-0.05, 0) is 68.2 Å². The minimum Gasteiger partial charge on any atom is -0.461 e. The van der Waals surface area contributed by atoms with Crippen LogP contribution >= 0.6 is 0 Å². The van der Waals surface area contributed by atoms with Crippen LogP contribution in [0.3, 0.4) is 0 Å². The summed E-state index contributed by atoms with van der Waals surface area (Å²) in [6.45, 7) is 8.17. The molecule has 1 saturated heterocycles. The molecule has 2 fully saturated rings. The molecule has 2 N–H and O–H groups in total. The summed E-state index contributed by atoms with van der Waals surface area (Å²) in [7, 11) is 0. The van der Waals surface area contributed by atoms with Crippen LogP contribution in [0.25, 0.3) is 11.0 Å². The zero-order valence-electron chi connectivity index (χ0n) is 22.1. The van der Waals surface area contributed by atoms with Gasteiger partial charge in [0, 0.05) is 43.2 Å². The molecule has 1 amide bonds. The number of benzene rings is 1. The number of nitrogens with one attached hydrogen (secondary N) is 2. The first-order valence-corrected chi connectivity index (χ1v) is 13.7. The van der Waals surface area contributed by atoms with E-state index in [2.05, 4.69) is 36.4 Å². The number of aryl methyl sites for hydroxylation is 2. The van der Waals surface area contributed by atoms with Gasteiger partial charge in [-0.25, -0.2) is 4.98 Å². The van der Waals surface area contributed by atoms with E-state index in [0.717, 1.165) is 53.2 Å². The van der Waals surface area contributed by atoms with Crippen LogP contribution in [-0.2, 0) is 22.5 Å². The van der Waals surface area contributed by atoms with Crippen LogP contribution in [0, 0.1) is 24.7 Å². The van der Waals surface area contributed by atoms with Crippen molar-refractivity contribution in [2.45, 2.75) is 72.3 Å². The summed E-state index contributed by atoms with van der Waals surface area (Å²) >= 11 is 0. The number of rotatable bonds is 7. The molecule has 2 aliphatic rings. The van der Waals surface area contributed by atoms with Gasteiger partial charge in [-0.2, -0.15) is 0 Å². The second-order valence-electron chi connectivity index (χ2n) is 10.8. The molecule has 0 unspecified atom stereocenters. The lowest BCUT2D eigenvalue weighted by molar-refractivity contribution is -0.122. The van der Waals surface area contributed by atoms with Crippen LogP contribution in [-0.4, -0.2) is 28.7 Å². The fourth-order valence-corrected chi connectivity index (χ4v) is 5.63.